The van der Waals surface area contributed by atoms with Gasteiger partial charge < -0.3 is 10.4 Å². The molecule has 0 rings (SSSR count). The molecule has 16 heavy (non-hydrogen) atoms. The molecule has 0 aromatic carbocycles. The van der Waals surface area contributed by atoms with E-state index in [9.17, 15) is 13.5 Å². The average molecular weight is 251 g/mol. The van der Waals surface area contributed by atoms with Gasteiger partial charge in [0.05, 0.1) is 11.9 Å². The minimum Gasteiger partial charge on any atom is -0.392 e. The van der Waals surface area contributed by atoms with Gasteiger partial charge in [0.15, 0.2) is 0 Å². The predicted molar refractivity (Wildman–Crippen MR) is 67.3 cm³/mol. The van der Waals surface area contributed by atoms with Crippen LogP contribution >= 0.6 is 0 Å². The first-order chi connectivity index (χ1) is 7.37. The maximum absolute atomic E-state index is 11.4. The molecule has 0 bridgehead atoms. The van der Waals surface area contributed by atoms with E-state index in [1.807, 2.05) is 6.92 Å². The molecule has 0 aromatic heterocycles. The van der Waals surface area contributed by atoms with Gasteiger partial charge in [-0.05, 0) is 25.3 Å². The summed E-state index contributed by atoms with van der Waals surface area (Å²) in [5.74, 6) is 0.848. The minimum atomic E-state index is -2.96. The zero-order valence-corrected chi connectivity index (χ0v) is 11.4. The van der Waals surface area contributed by atoms with Gasteiger partial charge in [0.1, 0.15) is 9.84 Å². The van der Waals surface area contributed by atoms with Crippen molar-refractivity contribution in [1.82, 2.24) is 5.32 Å². The topological polar surface area (TPSA) is 66.4 Å². The molecule has 4 nitrogen and oxygen atoms in total. The van der Waals surface area contributed by atoms with Crippen LogP contribution in [0.3, 0.4) is 0 Å². The van der Waals surface area contributed by atoms with E-state index in [0.29, 0.717) is 25.3 Å². The Morgan fingerprint density at radius 3 is 2.31 bits per heavy atom. The minimum absolute atomic E-state index is 0.0887. The van der Waals surface area contributed by atoms with Gasteiger partial charge in [0.2, 0.25) is 0 Å². The zero-order valence-electron chi connectivity index (χ0n) is 10.6. The van der Waals surface area contributed by atoms with Crippen molar-refractivity contribution in [1.29, 1.82) is 0 Å². The third-order valence-electron chi connectivity index (χ3n) is 2.21. The van der Waals surface area contributed by atoms with Gasteiger partial charge in [-0.25, -0.2) is 8.42 Å². The standard InChI is InChI=1S/C11H25NO3S/c1-4-6-16(14,15)7-5-11(13)9-12-8-10(2)3/h10-13H,4-9H2,1-3H3. The van der Waals surface area contributed by atoms with Gasteiger partial charge >= 0.3 is 0 Å². The van der Waals surface area contributed by atoms with Crippen molar-refractivity contribution in [3.63, 3.8) is 0 Å². The van der Waals surface area contributed by atoms with E-state index in [2.05, 4.69) is 19.2 Å². The molecule has 1 unspecified atom stereocenters. The first-order valence-electron chi connectivity index (χ1n) is 5.96. The third-order valence-corrected chi connectivity index (χ3v) is 4.10. The Bertz CT molecular complexity index is 262. The molecule has 0 aliphatic carbocycles. The predicted octanol–water partition coefficient (Wildman–Crippen LogP) is 0.808. The van der Waals surface area contributed by atoms with Gasteiger partial charge in [0, 0.05) is 12.3 Å². The summed E-state index contributed by atoms with van der Waals surface area (Å²) in [4.78, 5) is 0. The Kier molecular flexibility index (Phi) is 7.97. The summed E-state index contributed by atoms with van der Waals surface area (Å²) in [6.45, 7) is 7.34. The highest BCUT2D eigenvalue weighted by molar-refractivity contribution is 7.91. The molecule has 0 aromatic rings. The second-order valence-electron chi connectivity index (χ2n) is 4.65. The lowest BCUT2D eigenvalue weighted by Crippen LogP contribution is -2.31. The molecule has 98 valence electrons. The molecular formula is C11H25NO3S. The molecule has 1 atom stereocenters. The number of aliphatic hydroxyl groups excluding tert-OH is 1. The molecule has 0 spiro atoms. The van der Waals surface area contributed by atoms with Crippen LogP contribution in [0, 0.1) is 5.92 Å². The maximum atomic E-state index is 11.4. The van der Waals surface area contributed by atoms with Crippen LogP contribution in [0.1, 0.15) is 33.6 Å². The van der Waals surface area contributed by atoms with E-state index in [-0.39, 0.29) is 11.5 Å². The highest BCUT2D eigenvalue weighted by Gasteiger charge is 2.12. The van der Waals surface area contributed by atoms with E-state index in [4.69, 9.17) is 0 Å². The van der Waals surface area contributed by atoms with Gasteiger partial charge in [-0.15, -0.1) is 0 Å². The number of rotatable bonds is 9. The number of hydrogen-bond acceptors (Lipinski definition) is 4. The summed E-state index contributed by atoms with van der Waals surface area (Å²) in [6.07, 6.45) is 0.405. The van der Waals surface area contributed by atoms with Crippen molar-refractivity contribution >= 4 is 9.84 Å². The van der Waals surface area contributed by atoms with Gasteiger partial charge in [0.25, 0.3) is 0 Å². The SMILES string of the molecule is CCCS(=O)(=O)CCC(O)CNCC(C)C. The summed E-state index contributed by atoms with van der Waals surface area (Å²) in [7, 11) is -2.96. The van der Waals surface area contributed by atoms with Crippen LogP contribution in [0.4, 0.5) is 0 Å². The van der Waals surface area contributed by atoms with E-state index >= 15 is 0 Å². The molecule has 0 saturated heterocycles. The quantitative estimate of drug-likeness (QED) is 0.636. The third kappa shape index (κ3) is 9.12. The van der Waals surface area contributed by atoms with Crippen molar-refractivity contribution in [2.75, 3.05) is 24.6 Å². The van der Waals surface area contributed by atoms with Crippen molar-refractivity contribution in [2.24, 2.45) is 5.92 Å². The molecule has 0 radical (unpaired) electrons. The lowest BCUT2D eigenvalue weighted by Gasteiger charge is -2.13. The van der Waals surface area contributed by atoms with E-state index in [0.717, 1.165) is 6.54 Å². The summed E-state index contributed by atoms with van der Waals surface area (Å²) in [5.41, 5.74) is 0. The highest BCUT2D eigenvalue weighted by Crippen LogP contribution is 2.00. The lowest BCUT2D eigenvalue weighted by atomic mass is 10.2. The van der Waals surface area contributed by atoms with Crippen LogP contribution in [0.25, 0.3) is 0 Å². The van der Waals surface area contributed by atoms with Crippen LogP contribution in [-0.2, 0) is 9.84 Å². The van der Waals surface area contributed by atoms with Gasteiger partial charge in [-0.1, -0.05) is 20.8 Å². The maximum Gasteiger partial charge on any atom is 0.150 e. The molecule has 0 saturated carbocycles. The second kappa shape index (κ2) is 8.03. The molecule has 0 aliphatic heterocycles. The van der Waals surface area contributed by atoms with Gasteiger partial charge in [-0.2, -0.15) is 0 Å². The zero-order chi connectivity index (χ0) is 12.6. The molecule has 5 heteroatoms. The Morgan fingerprint density at radius 1 is 1.19 bits per heavy atom. The van der Waals surface area contributed by atoms with Crippen molar-refractivity contribution in [3.05, 3.63) is 0 Å². The number of sulfone groups is 1. The number of aliphatic hydroxyl groups is 1. The Hall–Kier alpha value is -0.130. The summed E-state index contributed by atoms with van der Waals surface area (Å²) in [6, 6.07) is 0. The van der Waals surface area contributed by atoms with Crippen molar-refractivity contribution in [3.8, 4) is 0 Å². The highest BCUT2D eigenvalue weighted by atomic mass is 32.2. The average Bonchev–Trinajstić information content (AvgIpc) is 2.14. The Labute approximate surface area is 99.4 Å². The van der Waals surface area contributed by atoms with Crippen LogP contribution in [0.15, 0.2) is 0 Å². The van der Waals surface area contributed by atoms with E-state index in [1.54, 1.807) is 0 Å². The molecule has 0 fully saturated rings. The number of nitrogens with one attached hydrogen (secondary N) is 1. The fraction of sp³-hybridized carbons (Fsp3) is 1.00. The van der Waals surface area contributed by atoms with Crippen LogP contribution in [0.2, 0.25) is 0 Å². The smallest absolute Gasteiger partial charge is 0.150 e. The number of hydrogen-bond donors (Lipinski definition) is 2. The summed E-state index contributed by atoms with van der Waals surface area (Å²) in [5, 5.41) is 12.7. The van der Waals surface area contributed by atoms with Crippen molar-refractivity contribution in [2.45, 2.75) is 39.7 Å². The molecule has 0 heterocycles. The van der Waals surface area contributed by atoms with Gasteiger partial charge in [-0.3, -0.25) is 0 Å². The molecule has 0 aliphatic rings. The largest absolute Gasteiger partial charge is 0.392 e. The lowest BCUT2D eigenvalue weighted by molar-refractivity contribution is 0.167. The normalized spacial score (nSPS) is 14.3. The van der Waals surface area contributed by atoms with Crippen LogP contribution in [-0.4, -0.2) is 44.2 Å². The summed E-state index contributed by atoms with van der Waals surface area (Å²) < 4.78 is 22.8. The molecule has 2 N–H and O–H groups in total. The Morgan fingerprint density at radius 2 is 1.81 bits per heavy atom. The second-order valence-corrected chi connectivity index (χ2v) is 6.95. The first-order valence-corrected chi connectivity index (χ1v) is 7.78. The van der Waals surface area contributed by atoms with Crippen LogP contribution < -0.4 is 5.32 Å². The Balaban J connectivity index is 3.68. The van der Waals surface area contributed by atoms with Crippen LogP contribution in [0.5, 0.6) is 0 Å². The first kappa shape index (κ1) is 15.9. The van der Waals surface area contributed by atoms with E-state index < -0.39 is 15.9 Å². The van der Waals surface area contributed by atoms with E-state index in [1.165, 1.54) is 0 Å². The fourth-order valence-electron chi connectivity index (χ4n) is 1.37. The fourth-order valence-corrected chi connectivity index (χ4v) is 2.83. The summed E-state index contributed by atoms with van der Waals surface area (Å²) >= 11 is 0. The molecule has 0 amide bonds. The van der Waals surface area contributed by atoms with Crippen molar-refractivity contribution < 1.29 is 13.5 Å². The molecular weight excluding hydrogens is 226 g/mol. The monoisotopic (exact) mass is 251 g/mol.